The summed E-state index contributed by atoms with van der Waals surface area (Å²) in [5, 5.41) is 22.2. The van der Waals surface area contributed by atoms with Crippen molar-refractivity contribution in [3.8, 4) is 5.75 Å². The maximum atomic E-state index is 10.7. The molecule has 1 aliphatic carbocycles. The van der Waals surface area contributed by atoms with Gasteiger partial charge in [0.25, 0.3) is 5.69 Å². The van der Waals surface area contributed by atoms with E-state index in [0.717, 1.165) is 12.8 Å². The number of non-ortho nitro benzene ring substituents is 1. The SMILES string of the molecule is N/C(=N/O)c1cc([N+](=O)[O-])ccc1OCC1CC1. The summed E-state index contributed by atoms with van der Waals surface area (Å²) in [5.74, 6) is 0.729. The molecule has 0 radical (unpaired) electrons. The molecule has 1 aromatic rings. The van der Waals surface area contributed by atoms with Crippen molar-refractivity contribution in [1.82, 2.24) is 0 Å². The topological polar surface area (TPSA) is 111 Å². The highest BCUT2D eigenvalue weighted by Crippen LogP contribution is 2.31. The van der Waals surface area contributed by atoms with Crippen LogP contribution in [-0.4, -0.2) is 22.6 Å². The Morgan fingerprint density at radius 1 is 1.61 bits per heavy atom. The van der Waals surface area contributed by atoms with E-state index in [1.165, 1.54) is 18.2 Å². The number of nitro groups is 1. The van der Waals surface area contributed by atoms with Crippen LogP contribution in [0.25, 0.3) is 0 Å². The zero-order valence-electron chi connectivity index (χ0n) is 9.57. The number of hydrogen-bond acceptors (Lipinski definition) is 5. The summed E-state index contributed by atoms with van der Waals surface area (Å²) in [5.41, 5.74) is 5.58. The average Bonchev–Trinajstić information content (AvgIpc) is 3.19. The van der Waals surface area contributed by atoms with E-state index in [1.807, 2.05) is 0 Å². The van der Waals surface area contributed by atoms with Gasteiger partial charge in [-0.2, -0.15) is 0 Å². The lowest BCUT2D eigenvalue weighted by molar-refractivity contribution is -0.384. The van der Waals surface area contributed by atoms with Crippen LogP contribution < -0.4 is 10.5 Å². The Hall–Kier alpha value is -2.31. The summed E-state index contributed by atoms with van der Waals surface area (Å²) in [6.45, 7) is 0.545. The van der Waals surface area contributed by atoms with Gasteiger partial charge in [-0.15, -0.1) is 0 Å². The second-order valence-electron chi connectivity index (χ2n) is 4.18. The summed E-state index contributed by atoms with van der Waals surface area (Å²) >= 11 is 0. The minimum atomic E-state index is -0.543. The fraction of sp³-hybridized carbons (Fsp3) is 0.364. The smallest absolute Gasteiger partial charge is 0.270 e. The second-order valence-corrected chi connectivity index (χ2v) is 4.18. The predicted octanol–water partition coefficient (Wildman–Crippen LogP) is 1.48. The Labute approximate surface area is 103 Å². The highest BCUT2D eigenvalue weighted by Gasteiger charge is 2.23. The minimum Gasteiger partial charge on any atom is -0.493 e. The second kappa shape index (κ2) is 4.91. The van der Waals surface area contributed by atoms with E-state index >= 15 is 0 Å². The van der Waals surface area contributed by atoms with Gasteiger partial charge >= 0.3 is 0 Å². The van der Waals surface area contributed by atoms with Crippen LogP contribution in [0.15, 0.2) is 23.4 Å². The standard InChI is InChI=1S/C11H13N3O4/c12-11(13-15)9-5-8(14(16)17)3-4-10(9)18-6-7-1-2-7/h3-5,7,15H,1-2,6H2,(H2,12,13). The van der Waals surface area contributed by atoms with E-state index in [-0.39, 0.29) is 17.1 Å². The molecule has 3 N–H and O–H groups in total. The van der Waals surface area contributed by atoms with Crippen molar-refractivity contribution in [3.05, 3.63) is 33.9 Å². The van der Waals surface area contributed by atoms with Crippen molar-refractivity contribution in [2.75, 3.05) is 6.61 Å². The summed E-state index contributed by atoms with van der Waals surface area (Å²) in [6.07, 6.45) is 2.26. The molecule has 1 aliphatic rings. The summed E-state index contributed by atoms with van der Waals surface area (Å²) in [6, 6.07) is 4.03. The van der Waals surface area contributed by atoms with Crippen molar-refractivity contribution < 1.29 is 14.9 Å². The summed E-state index contributed by atoms with van der Waals surface area (Å²) in [4.78, 5) is 10.1. The van der Waals surface area contributed by atoms with Crippen molar-refractivity contribution in [2.24, 2.45) is 16.8 Å². The van der Waals surface area contributed by atoms with Gasteiger partial charge in [0, 0.05) is 12.1 Å². The minimum absolute atomic E-state index is 0.129. The third-order valence-corrected chi connectivity index (χ3v) is 2.73. The lowest BCUT2D eigenvalue weighted by atomic mass is 10.1. The van der Waals surface area contributed by atoms with Crippen molar-refractivity contribution in [3.63, 3.8) is 0 Å². The molecule has 0 spiro atoms. The quantitative estimate of drug-likeness (QED) is 0.270. The zero-order chi connectivity index (χ0) is 13.1. The van der Waals surface area contributed by atoms with Crippen molar-refractivity contribution >= 4 is 11.5 Å². The first-order valence-corrected chi connectivity index (χ1v) is 5.51. The lowest BCUT2D eigenvalue weighted by Gasteiger charge is -2.09. The molecule has 0 aliphatic heterocycles. The van der Waals surface area contributed by atoms with Crippen molar-refractivity contribution in [1.29, 1.82) is 0 Å². The van der Waals surface area contributed by atoms with Gasteiger partial charge in [0.05, 0.1) is 17.1 Å². The van der Waals surface area contributed by atoms with Crippen LogP contribution in [0.1, 0.15) is 18.4 Å². The van der Waals surface area contributed by atoms with Crippen molar-refractivity contribution in [2.45, 2.75) is 12.8 Å². The van der Waals surface area contributed by atoms with Gasteiger partial charge in [-0.25, -0.2) is 0 Å². The van der Waals surface area contributed by atoms with Crippen LogP contribution in [0.2, 0.25) is 0 Å². The first-order valence-electron chi connectivity index (χ1n) is 5.51. The van der Waals surface area contributed by atoms with E-state index in [9.17, 15) is 10.1 Å². The summed E-state index contributed by atoms with van der Waals surface area (Å²) < 4.78 is 5.52. The van der Waals surface area contributed by atoms with Crippen LogP contribution in [0.3, 0.4) is 0 Å². The molecular weight excluding hydrogens is 238 g/mol. The van der Waals surface area contributed by atoms with Gasteiger partial charge in [0.2, 0.25) is 0 Å². The van der Waals surface area contributed by atoms with Gasteiger partial charge in [-0.05, 0) is 24.8 Å². The highest BCUT2D eigenvalue weighted by atomic mass is 16.6. The van der Waals surface area contributed by atoms with Crippen LogP contribution in [0.4, 0.5) is 5.69 Å². The third-order valence-electron chi connectivity index (χ3n) is 2.73. The van der Waals surface area contributed by atoms with Crippen LogP contribution in [0.5, 0.6) is 5.75 Å². The number of nitrogens with zero attached hydrogens (tertiary/aromatic N) is 2. The van der Waals surface area contributed by atoms with Gasteiger partial charge in [-0.3, -0.25) is 10.1 Å². The molecule has 0 atom stereocenters. The van der Waals surface area contributed by atoms with Crippen LogP contribution in [0, 0.1) is 16.0 Å². The lowest BCUT2D eigenvalue weighted by Crippen LogP contribution is -2.15. The molecule has 0 aromatic heterocycles. The Balaban J connectivity index is 2.28. The molecule has 1 fully saturated rings. The van der Waals surface area contributed by atoms with E-state index in [4.69, 9.17) is 15.7 Å². The van der Waals surface area contributed by atoms with Gasteiger partial charge < -0.3 is 15.7 Å². The monoisotopic (exact) mass is 251 g/mol. The van der Waals surface area contributed by atoms with E-state index in [0.29, 0.717) is 18.3 Å². The number of amidine groups is 1. The molecule has 7 nitrogen and oxygen atoms in total. The number of ether oxygens (including phenoxy) is 1. The molecule has 0 saturated heterocycles. The van der Waals surface area contributed by atoms with Gasteiger partial charge in [-0.1, -0.05) is 5.16 Å². The van der Waals surface area contributed by atoms with Crippen LogP contribution >= 0.6 is 0 Å². The van der Waals surface area contributed by atoms with Gasteiger partial charge in [0.1, 0.15) is 5.75 Å². The fourth-order valence-electron chi connectivity index (χ4n) is 1.50. The molecule has 7 heteroatoms. The molecule has 0 unspecified atom stereocenters. The number of benzene rings is 1. The first kappa shape index (κ1) is 12.2. The first-order chi connectivity index (χ1) is 8.61. The van der Waals surface area contributed by atoms with Crippen LogP contribution in [-0.2, 0) is 0 Å². The third kappa shape index (κ3) is 2.68. The zero-order valence-corrected chi connectivity index (χ0v) is 9.57. The number of hydrogen-bond donors (Lipinski definition) is 2. The Kier molecular flexibility index (Phi) is 3.31. The van der Waals surface area contributed by atoms with Gasteiger partial charge in [0.15, 0.2) is 5.84 Å². The average molecular weight is 251 g/mol. The summed E-state index contributed by atoms with van der Waals surface area (Å²) in [7, 11) is 0. The molecule has 0 amide bonds. The Morgan fingerprint density at radius 3 is 2.89 bits per heavy atom. The number of rotatable bonds is 5. The number of oxime groups is 1. The fourth-order valence-corrected chi connectivity index (χ4v) is 1.50. The molecule has 2 rings (SSSR count). The molecule has 0 bridgehead atoms. The predicted molar refractivity (Wildman–Crippen MR) is 63.8 cm³/mol. The Morgan fingerprint density at radius 2 is 2.33 bits per heavy atom. The number of nitrogens with two attached hydrogens (primary N) is 1. The molecule has 1 aromatic carbocycles. The largest absolute Gasteiger partial charge is 0.493 e. The van der Waals surface area contributed by atoms with E-state index in [2.05, 4.69) is 5.16 Å². The molecule has 18 heavy (non-hydrogen) atoms. The van der Waals surface area contributed by atoms with E-state index < -0.39 is 4.92 Å². The molecular formula is C11H13N3O4. The molecule has 1 saturated carbocycles. The Bertz CT molecular complexity index is 497. The maximum Gasteiger partial charge on any atom is 0.270 e. The number of nitro benzene ring substituents is 1. The molecule has 0 heterocycles. The maximum absolute atomic E-state index is 10.7. The highest BCUT2D eigenvalue weighted by molar-refractivity contribution is 6.00. The normalized spacial score (nSPS) is 15.4. The van der Waals surface area contributed by atoms with E-state index in [1.54, 1.807) is 0 Å². The molecule has 96 valence electrons.